The van der Waals surface area contributed by atoms with E-state index < -0.39 is 17.5 Å². The van der Waals surface area contributed by atoms with Crippen molar-refractivity contribution in [2.75, 3.05) is 10.6 Å². The minimum atomic E-state index is -1.06. The fourth-order valence-corrected chi connectivity index (χ4v) is 2.84. The Labute approximate surface area is 159 Å². The van der Waals surface area contributed by atoms with Crippen LogP contribution in [-0.2, 0) is 0 Å². The molecule has 6 heteroatoms. The second-order valence-electron chi connectivity index (χ2n) is 6.17. The summed E-state index contributed by atoms with van der Waals surface area (Å²) in [7, 11) is 0. The molecule has 28 heavy (non-hydrogen) atoms. The number of carbonyl (C=O) groups is 1. The van der Waals surface area contributed by atoms with E-state index in [9.17, 15) is 13.6 Å². The normalized spacial score (nSPS) is 10.6. The van der Waals surface area contributed by atoms with Gasteiger partial charge < -0.3 is 10.6 Å². The van der Waals surface area contributed by atoms with E-state index in [1.165, 1.54) is 6.07 Å². The van der Waals surface area contributed by atoms with Gasteiger partial charge in [0.1, 0.15) is 0 Å². The van der Waals surface area contributed by atoms with E-state index in [-0.39, 0.29) is 5.56 Å². The van der Waals surface area contributed by atoms with Gasteiger partial charge in [0.25, 0.3) is 5.91 Å². The number of pyridine rings is 1. The van der Waals surface area contributed by atoms with Crippen LogP contribution in [0, 0.1) is 11.6 Å². The number of nitrogens with zero attached hydrogens (tertiary/aromatic N) is 1. The lowest BCUT2D eigenvalue weighted by atomic mass is 10.1. The molecule has 0 unspecified atom stereocenters. The van der Waals surface area contributed by atoms with Crippen LogP contribution < -0.4 is 10.6 Å². The number of amides is 1. The third kappa shape index (κ3) is 3.66. The Bertz CT molecular complexity index is 1150. The van der Waals surface area contributed by atoms with Crippen molar-refractivity contribution in [2.24, 2.45) is 0 Å². The molecule has 0 fully saturated rings. The first-order chi connectivity index (χ1) is 13.6. The summed E-state index contributed by atoms with van der Waals surface area (Å²) in [5.41, 5.74) is 3.14. The van der Waals surface area contributed by atoms with E-state index in [0.717, 1.165) is 34.4 Å². The minimum absolute atomic E-state index is 0.0444. The lowest BCUT2D eigenvalue weighted by molar-refractivity contribution is 0.102. The Morgan fingerprint density at radius 2 is 1.57 bits per heavy atom. The first-order valence-electron chi connectivity index (χ1n) is 8.57. The maximum Gasteiger partial charge on any atom is 0.255 e. The van der Waals surface area contributed by atoms with Gasteiger partial charge in [-0.1, -0.05) is 18.2 Å². The monoisotopic (exact) mass is 375 g/mol. The summed E-state index contributed by atoms with van der Waals surface area (Å²) < 4.78 is 26.3. The Hall–Kier alpha value is -3.80. The van der Waals surface area contributed by atoms with E-state index in [2.05, 4.69) is 15.6 Å². The van der Waals surface area contributed by atoms with Gasteiger partial charge in [-0.25, -0.2) is 8.78 Å². The van der Waals surface area contributed by atoms with Crippen LogP contribution in [0.3, 0.4) is 0 Å². The number of benzene rings is 3. The predicted molar refractivity (Wildman–Crippen MR) is 106 cm³/mol. The van der Waals surface area contributed by atoms with Crippen LogP contribution in [0.5, 0.6) is 0 Å². The summed E-state index contributed by atoms with van der Waals surface area (Å²) in [6.45, 7) is 0. The molecule has 4 rings (SSSR count). The Morgan fingerprint density at radius 3 is 2.36 bits per heavy atom. The number of hydrogen-bond acceptors (Lipinski definition) is 3. The Morgan fingerprint density at radius 1 is 0.821 bits per heavy atom. The van der Waals surface area contributed by atoms with Crippen molar-refractivity contribution >= 4 is 33.9 Å². The molecule has 0 bridgehead atoms. The summed E-state index contributed by atoms with van der Waals surface area (Å²) in [6, 6.07) is 19.8. The fraction of sp³-hybridized carbons (Fsp3) is 0. The van der Waals surface area contributed by atoms with Crippen molar-refractivity contribution in [3.63, 3.8) is 0 Å². The first kappa shape index (κ1) is 17.6. The Kier molecular flexibility index (Phi) is 4.68. The molecule has 0 aliphatic carbocycles. The molecule has 0 saturated heterocycles. The summed E-state index contributed by atoms with van der Waals surface area (Å²) in [5, 5.41) is 6.99. The third-order valence-corrected chi connectivity index (χ3v) is 4.24. The molecule has 0 atom stereocenters. The number of carbonyl (C=O) groups excluding carboxylic acids is 1. The van der Waals surface area contributed by atoms with Crippen LogP contribution in [0.25, 0.3) is 10.9 Å². The molecule has 4 nitrogen and oxygen atoms in total. The molecule has 2 N–H and O–H groups in total. The molecule has 0 saturated carbocycles. The molecule has 1 aromatic heterocycles. The van der Waals surface area contributed by atoms with Crippen LogP contribution >= 0.6 is 0 Å². The highest BCUT2D eigenvalue weighted by Crippen LogP contribution is 2.25. The lowest BCUT2D eigenvalue weighted by Gasteiger charge is -2.10. The number of rotatable bonds is 4. The second kappa shape index (κ2) is 7.44. The van der Waals surface area contributed by atoms with E-state index in [1.807, 2.05) is 42.5 Å². The molecule has 138 valence electrons. The number of para-hydroxylation sites is 1. The van der Waals surface area contributed by atoms with Crippen LogP contribution in [-0.4, -0.2) is 10.9 Å². The van der Waals surface area contributed by atoms with Gasteiger partial charge in [-0.05, 0) is 54.6 Å². The molecule has 0 radical (unpaired) electrons. The molecule has 3 aromatic carbocycles. The van der Waals surface area contributed by atoms with Gasteiger partial charge in [0.2, 0.25) is 0 Å². The number of halogens is 2. The highest BCUT2D eigenvalue weighted by atomic mass is 19.2. The summed E-state index contributed by atoms with van der Waals surface area (Å²) in [5.74, 6) is -2.57. The number of fused-ring (bicyclic) bond motifs is 1. The van der Waals surface area contributed by atoms with Gasteiger partial charge in [0.05, 0.1) is 11.2 Å². The molecular weight excluding hydrogens is 360 g/mol. The Balaban J connectivity index is 1.49. The van der Waals surface area contributed by atoms with Gasteiger partial charge in [0, 0.05) is 28.5 Å². The van der Waals surface area contributed by atoms with Crippen molar-refractivity contribution < 1.29 is 13.6 Å². The summed E-state index contributed by atoms with van der Waals surface area (Å²) in [4.78, 5) is 16.6. The van der Waals surface area contributed by atoms with Crippen molar-refractivity contribution in [1.82, 2.24) is 4.98 Å². The zero-order chi connectivity index (χ0) is 19.5. The van der Waals surface area contributed by atoms with Crippen molar-refractivity contribution in [2.45, 2.75) is 0 Å². The fourth-order valence-electron chi connectivity index (χ4n) is 2.84. The minimum Gasteiger partial charge on any atom is -0.354 e. The second-order valence-corrected chi connectivity index (χ2v) is 6.17. The van der Waals surface area contributed by atoms with Gasteiger partial charge in [-0.2, -0.15) is 0 Å². The zero-order valence-corrected chi connectivity index (χ0v) is 14.6. The topological polar surface area (TPSA) is 54.0 Å². The van der Waals surface area contributed by atoms with Gasteiger partial charge in [-0.15, -0.1) is 0 Å². The van der Waals surface area contributed by atoms with E-state index in [0.29, 0.717) is 5.69 Å². The largest absolute Gasteiger partial charge is 0.354 e. The van der Waals surface area contributed by atoms with Crippen molar-refractivity contribution in [1.29, 1.82) is 0 Å². The van der Waals surface area contributed by atoms with Gasteiger partial charge in [-0.3, -0.25) is 9.78 Å². The quantitative estimate of drug-likeness (QED) is 0.495. The third-order valence-electron chi connectivity index (χ3n) is 4.24. The first-order valence-corrected chi connectivity index (χ1v) is 8.57. The molecule has 4 aromatic rings. The number of aromatic nitrogens is 1. The molecular formula is C22H15F2N3O. The van der Waals surface area contributed by atoms with E-state index in [4.69, 9.17) is 0 Å². The average Bonchev–Trinajstić information content (AvgIpc) is 2.72. The van der Waals surface area contributed by atoms with E-state index in [1.54, 1.807) is 18.3 Å². The van der Waals surface area contributed by atoms with Crippen LogP contribution in [0.1, 0.15) is 10.4 Å². The predicted octanol–water partition coefficient (Wildman–Crippen LogP) is 5.51. The highest BCUT2D eigenvalue weighted by Gasteiger charge is 2.10. The van der Waals surface area contributed by atoms with Gasteiger partial charge in [0.15, 0.2) is 11.6 Å². The number of anilines is 3. The maximum absolute atomic E-state index is 13.3. The zero-order valence-electron chi connectivity index (χ0n) is 14.6. The van der Waals surface area contributed by atoms with Crippen LogP contribution in [0.2, 0.25) is 0 Å². The number of nitrogens with one attached hydrogen (secondary N) is 2. The van der Waals surface area contributed by atoms with Crippen LogP contribution in [0.15, 0.2) is 79.0 Å². The standard InChI is InChI=1S/C22H15F2N3O/c23-18-11-6-15(13-19(18)24)22(28)27-17-9-7-16(8-10-17)26-20-5-1-3-14-4-2-12-25-21(14)20/h1-13,26H,(H,27,28). The molecule has 0 spiro atoms. The molecule has 0 aliphatic rings. The van der Waals surface area contributed by atoms with Gasteiger partial charge >= 0.3 is 0 Å². The SMILES string of the molecule is O=C(Nc1ccc(Nc2cccc3cccnc23)cc1)c1ccc(F)c(F)c1. The number of hydrogen-bond donors (Lipinski definition) is 2. The molecule has 0 aliphatic heterocycles. The maximum atomic E-state index is 13.3. The summed E-state index contributed by atoms with van der Waals surface area (Å²) >= 11 is 0. The van der Waals surface area contributed by atoms with Crippen LogP contribution in [0.4, 0.5) is 25.8 Å². The lowest BCUT2D eigenvalue weighted by Crippen LogP contribution is -2.12. The average molecular weight is 375 g/mol. The highest BCUT2D eigenvalue weighted by molar-refractivity contribution is 6.04. The molecule has 1 amide bonds. The van der Waals surface area contributed by atoms with Crippen molar-refractivity contribution in [3.05, 3.63) is 96.2 Å². The van der Waals surface area contributed by atoms with Crippen molar-refractivity contribution in [3.8, 4) is 0 Å². The molecule has 1 heterocycles. The van der Waals surface area contributed by atoms with E-state index >= 15 is 0 Å². The summed E-state index contributed by atoms with van der Waals surface area (Å²) in [6.07, 6.45) is 1.74. The smallest absolute Gasteiger partial charge is 0.255 e.